The fourth-order valence-corrected chi connectivity index (χ4v) is 2.64. The number of para-hydroxylation sites is 1. The van der Waals surface area contributed by atoms with Crippen LogP contribution >= 0.6 is 11.6 Å². The number of anilines is 1. The number of hydrogen-bond acceptors (Lipinski definition) is 4. The number of nitrogens with one attached hydrogen (secondary N) is 1. The largest absolute Gasteiger partial charge is 0.479 e. The average molecular weight is 390 g/mol. The van der Waals surface area contributed by atoms with Crippen molar-refractivity contribution in [3.05, 3.63) is 58.6 Å². The summed E-state index contributed by atoms with van der Waals surface area (Å²) in [6.07, 6.45) is -1.01. The van der Waals surface area contributed by atoms with Crippen molar-refractivity contribution >= 4 is 29.2 Å². The van der Waals surface area contributed by atoms with Crippen LogP contribution in [-0.2, 0) is 20.7 Å². The van der Waals surface area contributed by atoms with Gasteiger partial charge in [-0.15, -0.1) is 0 Å². The molecule has 2 aromatic rings. The minimum Gasteiger partial charge on any atom is -0.479 e. The van der Waals surface area contributed by atoms with Gasteiger partial charge in [0.2, 0.25) is 0 Å². The zero-order valence-electron chi connectivity index (χ0n) is 15.9. The monoisotopic (exact) mass is 389 g/mol. The number of rotatable bonds is 7. The Kier molecular flexibility index (Phi) is 7.25. The molecule has 0 bridgehead atoms. The van der Waals surface area contributed by atoms with Gasteiger partial charge < -0.3 is 14.8 Å². The van der Waals surface area contributed by atoms with Crippen LogP contribution in [0.4, 0.5) is 5.69 Å². The highest BCUT2D eigenvalue weighted by atomic mass is 35.5. The van der Waals surface area contributed by atoms with Crippen LogP contribution in [0.1, 0.15) is 31.9 Å². The lowest BCUT2D eigenvalue weighted by Crippen LogP contribution is -2.35. The van der Waals surface area contributed by atoms with Crippen molar-refractivity contribution in [3.8, 4) is 5.75 Å². The molecule has 144 valence electrons. The third-order valence-electron chi connectivity index (χ3n) is 4.11. The molecule has 0 unspecified atom stereocenters. The molecule has 2 aromatic carbocycles. The molecular formula is C21H24ClNO4. The topological polar surface area (TPSA) is 64.6 Å². The molecule has 0 fully saturated rings. The summed E-state index contributed by atoms with van der Waals surface area (Å²) in [5.74, 6) is -0.507. The third-order valence-corrected chi connectivity index (χ3v) is 4.36. The first-order valence-electron chi connectivity index (χ1n) is 8.83. The Morgan fingerprint density at radius 2 is 1.74 bits per heavy atom. The molecule has 0 saturated carbocycles. The van der Waals surface area contributed by atoms with Crippen LogP contribution in [0.3, 0.4) is 0 Å². The highest BCUT2D eigenvalue weighted by Crippen LogP contribution is 2.22. The van der Waals surface area contributed by atoms with E-state index >= 15 is 0 Å². The SMILES string of the molecule is CCc1cccc(C)c1NC(=O)[C@H](C)OC(=O)[C@@H](C)Oc1ccc(Cl)cc1. The molecule has 0 aliphatic carbocycles. The molecule has 5 nitrogen and oxygen atoms in total. The maximum absolute atomic E-state index is 12.4. The van der Waals surface area contributed by atoms with Gasteiger partial charge in [0, 0.05) is 10.7 Å². The Morgan fingerprint density at radius 3 is 2.37 bits per heavy atom. The maximum atomic E-state index is 12.4. The molecule has 1 amide bonds. The fourth-order valence-electron chi connectivity index (χ4n) is 2.52. The highest BCUT2D eigenvalue weighted by molar-refractivity contribution is 6.30. The summed E-state index contributed by atoms with van der Waals surface area (Å²) in [7, 11) is 0. The molecule has 0 saturated heterocycles. The van der Waals surface area contributed by atoms with E-state index in [9.17, 15) is 9.59 Å². The minimum absolute atomic E-state index is 0.383. The lowest BCUT2D eigenvalue weighted by molar-refractivity contribution is -0.159. The van der Waals surface area contributed by atoms with Crippen molar-refractivity contribution in [2.24, 2.45) is 0 Å². The van der Waals surface area contributed by atoms with E-state index < -0.39 is 18.2 Å². The zero-order valence-corrected chi connectivity index (χ0v) is 16.7. The molecule has 2 rings (SSSR count). The number of ether oxygens (including phenoxy) is 2. The minimum atomic E-state index is -0.946. The second-order valence-corrected chi connectivity index (χ2v) is 6.68. The summed E-state index contributed by atoms with van der Waals surface area (Å²) in [6.45, 7) is 7.04. The van der Waals surface area contributed by atoms with Crippen LogP contribution < -0.4 is 10.1 Å². The second-order valence-electron chi connectivity index (χ2n) is 6.24. The molecule has 27 heavy (non-hydrogen) atoms. The van der Waals surface area contributed by atoms with E-state index in [0.29, 0.717) is 10.8 Å². The van der Waals surface area contributed by atoms with Gasteiger partial charge in [0.05, 0.1) is 0 Å². The molecule has 0 aliphatic heterocycles. The molecule has 2 atom stereocenters. The van der Waals surface area contributed by atoms with Crippen LogP contribution in [0.25, 0.3) is 0 Å². The predicted molar refractivity (Wildman–Crippen MR) is 106 cm³/mol. The van der Waals surface area contributed by atoms with Crippen molar-refractivity contribution in [2.45, 2.75) is 46.3 Å². The Hall–Kier alpha value is -2.53. The Labute approximate surface area is 164 Å². The number of carbonyl (C=O) groups excluding carboxylic acids is 2. The number of esters is 1. The number of carbonyl (C=O) groups is 2. The second kappa shape index (κ2) is 9.42. The van der Waals surface area contributed by atoms with Gasteiger partial charge in [-0.3, -0.25) is 4.79 Å². The predicted octanol–water partition coefficient (Wildman–Crippen LogP) is 4.55. The Morgan fingerprint density at radius 1 is 1.07 bits per heavy atom. The van der Waals surface area contributed by atoms with Crippen molar-refractivity contribution in [1.82, 2.24) is 0 Å². The molecule has 0 aliphatic rings. The first-order chi connectivity index (χ1) is 12.8. The Bertz CT molecular complexity index is 804. The molecule has 0 spiro atoms. The molecular weight excluding hydrogens is 366 g/mol. The first kappa shape index (κ1) is 20.8. The fraction of sp³-hybridized carbons (Fsp3) is 0.333. The molecule has 1 N–H and O–H groups in total. The smallest absolute Gasteiger partial charge is 0.347 e. The van der Waals surface area contributed by atoms with Crippen molar-refractivity contribution in [2.75, 3.05) is 5.32 Å². The quantitative estimate of drug-likeness (QED) is 0.705. The molecule has 6 heteroatoms. The van der Waals surface area contributed by atoms with E-state index in [1.54, 1.807) is 31.2 Å². The van der Waals surface area contributed by atoms with Gasteiger partial charge in [-0.05, 0) is 62.6 Å². The van der Waals surface area contributed by atoms with Crippen molar-refractivity contribution in [3.63, 3.8) is 0 Å². The lowest BCUT2D eigenvalue weighted by Gasteiger charge is -2.19. The Balaban J connectivity index is 1.95. The third kappa shape index (κ3) is 5.73. The van der Waals surface area contributed by atoms with Crippen LogP contribution in [0, 0.1) is 6.92 Å². The van der Waals surface area contributed by atoms with Gasteiger partial charge in [-0.2, -0.15) is 0 Å². The first-order valence-corrected chi connectivity index (χ1v) is 9.21. The number of hydrogen-bond donors (Lipinski definition) is 1. The van der Waals surface area contributed by atoms with Gasteiger partial charge in [0.15, 0.2) is 12.2 Å². The molecule has 0 heterocycles. The van der Waals surface area contributed by atoms with E-state index in [-0.39, 0.29) is 5.91 Å². The lowest BCUT2D eigenvalue weighted by atomic mass is 10.1. The number of amides is 1. The maximum Gasteiger partial charge on any atom is 0.347 e. The zero-order chi connectivity index (χ0) is 20.0. The van der Waals surface area contributed by atoms with E-state index in [2.05, 4.69) is 5.32 Å². The van der Waals surface area contributed by atoms with Gasteiger partial charge in [0.25, 0.3) is 5.91 Å². The summed E-state index contributed by atoms with van der Waals surface area (Å²) < 4.78 is 10.8. The van der Waals surface area contributed by atoms with E-state index in [1.807, 2.05) is 32.0 Å². The normalized spacial score (nSPS) is 12.8. The number of benzene rings is 2. The highest BCUT2D eigenvalue weighted by Gasteiger charge is 2.24. The summed E-state index contributed by atoms with van der Waals surface area (Å²) >= 11 is 5.82. The summed E-state index contributed by atoms with van der Waals surface area (Å²) in [5, 5.41) is 3.43. The van der Waals surface area contributed by atoms with Gasteiger partial charge >= 0.3 is 5.97 Å². The van der Waals surface area contributed by atoms with Gasteiger partial charge in [0.1, 0.15) is 5.75 Å². The summed E-state index contributed by atoms with van der Waals surface area (Å²) in [6, 6.07) is 12.5. The van der Waals surface area contributed by atoms with E-state index in [1.165, 1.54) is 6.92 Å². The van der Waals surface area contributed by atoms with Gasteiger partial charge in [-0.25, -0.2) is 4.79 Å². The van der Waals surface area contributed by atoms with E-state index in [0.717, 1.165) is 23.2 Å². The van der Waals surface area contributed by atoms with Crippen LogP contribution in [0.2, 0.25) is 5.02 Å². The van der Waals surface area contributed by atoms with Crippen molar-refractivity contribution < 1.29 is 19.1 Å². The van der Waals surface area contributed by atoms with Gasteiger partial charge in [-0.1, -0.05) is 36.7 Å². The van der Waals surface area contributed by atoms with Crippen LogP contribution in [0.5, 0.6) is 5.75 Å². The summed E-state index contributed by atoms with van der Waals surface area (Å²) in [4.78, 5) is 24.7. The van der Waals surface area contributed by atoms with E-state index in [4.69, 9.17) is 21.1 Å². The summed E-state index contributed by atoms with van der Waals surface area (Å²) in [5.41, 5.74) is 2.75. The van der Waals surface area contributed by atoms with Crippen molar-refractivity contribution in [1.29, 1.82) is 0 Å². The molecule has 0 radical (unpaired) electrons. The molecule has 0 aromatic heterocycles. The average Bonchev–Trinajstić information content (AvgIpc) is 2.64. The van der Waals surface area contributed by atoms with Crippen LogP contribution in [0.15, 0.2) is 42.5 Å². The van der Waals surface area contributed by atoms with Crippen LogP contribution in [-0.4, -0.2) is 24.1 Å². The number of halogens is 1. The standard InChI is InChI=1S/C21H24ClNO4/c1-5-16-8-6-7-13(2)19(16)23-20(24)14(3)27-21(25)15(4)26-18-11-9-17(22)10-12-18/h6-12,14-15H,5H2,1-4H3,(H,23,24)/t14-,15+/m0/s1. The number of aryl methyl sites for hydroxylation is 2.